The lowest BCUT2D eigenvalue weighted by Crippen LogP contribution is -2.05. The van der Waals surface area contributed by atoms with E-state index in [4.69, 9.17) is 0 Å². The molecular weight excluding hydrogens is 625 g/mol. The predicted molar refractivity (Wildman–Crippen MR) is 239 cm³/mol. The standard InChI is InChI=1S/C52H98/c1-5-9-13-16-19-22-25-28-31-34-37-40-44-50-47-49(43-12-8-4)48-51(45-41-38-35-32-29-26-23-20-17-14-10-6-2)52(50)46-42-39-36-33-30-27-24-21-18-15-11-7-3/h47-48H,5-46H2,1-4H3. The molecule has 0 bridgehead atoms. The smallest absolute Gasteiger partial charge is 0.0273 e. The van der Waals surface area contributed by atoms with Crippen molar-refractivity contribution in [3.05, 3.63) is 34.4 Å². The fourth-order valence-corrected chi connectivity index (χ4v) is 8.62. The average molecular weight is 723 g/mol. The van der Waals surface area contributed by atoms with Gasteiger partial charge >= 0.3 is 0 Å². The monoisotopic (exact) mass is 723 g/mol. The maximum atomic E-state index is 2.69. The molecule has 0 amide bonds. The highest BCUT2D eigenvalue weighted by atomic mass is 14.2. The quantitative estimate of drug-likeness (QED) is 0.0589. The van der Waals surface area contributed by atoms with Gasteiger partial charge in [-0.1, -0.05) is 258 Å². The lowest BCUT2D eigenvalue weighted by molar-refractivity contribution is 0.540. The van der Waals surface area contributed by atoms with Gasteiger partial charge in [-0.05, 0) is 73.6 Å². The van der Waals surface area contributed by atoms with Crippen molar-refractivity contribution in [3.8, 4) is 0 Å². The van der Waals surface area contributed by atoms with Crippen molar-refractivity contribution in [1.29, 1.82) is 0 Å². The van der Waals surface area contributed by atoms with Gasteiger partial charge in [0.1, 0.15) is 0 Å². The molecular formula is C52H98. The Hall–Kier alpha value is -0.780. The zero-order chi connectivity index (χ0) is 37.4. The zero-order valence-corrected chi connectivity index (χ0v) is 36.9. The third-order valence-corrected chi connectivity index (χ3v) is 12.2. The molecule has 0 saturated heterocycles. The molecule has 0 fully saturated rings. The van der Waals surface area contributed by atoms with E-state index >= 15 is 0 Å². The predicted octanol–water partition coefficient (Wildman–Crippen LogP) is 18.8. The van der Waals surface area contributed by atoms with E-state index < -0.39 is 0 Å². The Morgan fingerprint density at radius 1 is 0.231 bits per heavy atom. The van der Waals surface area contributed by atoms with Crippen molar-refractivity contribution in [1.82, 2.24) is 0 Å². The largest absolute Gasteiger partial charge is 0.0654 e. The van der Waals surface area contributed by atoms with Crippen molar-refractivity contribution in [2.24, 2.45) is 0 Å². The molecule has 0 unspecified atom stereocenters. The molecule has 1 aromatic carbocycles. The van der Waals surface area contributed by atoms with Crippen LogP contribution in [0.1, 0.15) is 294 Å². The van der Waals surface area contributed by atoms with Gasteiger partial charge in [-0.25, -0.2) is 0 Å². The number of unbranched alkanes of at least 4 members (excludes halogenated alkanes) is 34. The summed E-state index contributed by atoms with van der Waals surface area (Å²) in [5, 5.41) is 0. The van der Waals surface area contributed by atoms with Gasteiger partial charge in [0.2, 0.25) is 0 Å². The second kappa shape index (κ2) is 39.9. The summed E-state index contributed by atoms with van der Waals surface area (Å²) in [6.07, 6.45) is 60.0. The van der Waals surface area contributed by atoms with Crippen molar-refractivity contribution in [2.75, 3.05) is 0 Å². The molecule has 0 radical (unpaired) electrons. The molecule has 0 saturated carbocycles. The molecule has 1 aromatic rings. The van der Waals surface area contributed by atoms with Crippen molar-refractivity contribution in [3.63, 3.8) is 0 Å². The summed E-state index contributed by atoms with van der Waals surface area (Å²) in [6, 6.07) is 5.38. The van der Waals surface area contributed by atoms with E-state index in [1.807, 2.05) is 0 Å². The van der Waals surface area contributed by atoms with Gasteiger partial charge in [0.25, 0.3) is 0 Å². The zero-order valence-electron chi connectivity index (χ0n) is 36.9. The second-order valence-electron chi connectivity index (χ2n) is 17.4. The van der Waals surface area contributed by atoms with Crippen molar-refractivity contribution >= 4 is 0 Å². The van der Waals surface area contributed by atoms with Gasteiger partial charge in [-0.3, -0.25) is 0 Å². The maximum Gasteiger partial charge on any atom is -0.0273 e. The number of aryl methyl sites for hydroxylation is 3. The highest BCUT2D eigenvalue weighted by molar-refractivity contribution is 5.40. The first-order valence-electron chi connectivity index (χ1n) is 24.9. The number of hydrogen-bond acceptors (Lipinski definition) is 0. The minimum atomic E-state index is 1.28. The van der Waals surface area contributed by atoms with E-state index in [1.165, 1.54) is 270 Å². The van der Waals surface area contributed by atoms with E-state index in [-0.39, 0.29) is 0 Å². The highest BCUT2D eigenvalue weighted by Crippen LogP contribution is 2.27. The van der Waals surface area contributed by atoms with Crippen LogP contribution in [0.5, 0.6) is 0 Å². The van der Waals surface area contributed by atoms with Crippen LogP contribution in [0.3, 0.4) is 0 Å². The number of rotatable bonds is 42. The van der Waals surface area contributed by atoms with Crippen LogP contribution in [0.4, 0.5) is 0 Å². The average Bonchev–Trinajstić information content (AvgIpc) is 3.15. The first-order chi connectivity index (χ1) is 25.8. The molecule has 0 atom stereocenters. The van der Waals surface area contributed by atoms with Gasteiger partial charge in [0.15, 0.2) is 0 Å². The summed E-state index contributed by atoms with van der Waals surface area (Å²) in [7, 11) is 0. The molecule has 1 rings (SSSR count). The van der Waals surface area contributed by atoms with Crippen LogP contribution in [0, 0.1) is 0 Å². The number of benzene rings is 1. The molecule has 306 valence electrons. The molecule has 0 heterocycles. The normalized spacial score (nSPS) is 11.6. The molecule has 52 heavy (non-hydrogen) atoms. The highest BCUT2D eigenvalue weighted by Gasteiger charge is 2.12. The van der Waals surface area contributed by atoms with E-state index in [0.29, 0.717) is 0 Å². The third-order valence-electron chi connectivity index (χ3n) is 12.2. The van der Waals surface area contributed by atoms with E-state index in [9.17, 15) is 0 Å². The van der Waals surface area contributed by atoms with Crippen LogP contribution < -0.4 is 0 Å². The minimum Gasteiger partial charge on any atom is -0.0654 e. The van der Waals surface area contributed by atoms with Crippen LogP contribution in [0.25, 0.3) is 0 Å². The topological polar surface area (TPSA) is 0 Å². The summed E-state index contributed by atoms with van der Waals surface area (Å²) in [6.45, 7) is 9.33. The lowest BCUT2D eigenvalue weighted by atomic mass is 9.87. The molecule has 0 heteroatoms. The molecule has 0 aliphatic rings. The van der Waals surface area contributed by atoms with Gasteiger partial charge < -0.3 is 0 Å². The third kappa shape index (κ3) is 30.5. The fraction of sp³-hybridized carbons (Fsp3) is 0.885. The van der Waals surface area contributed by atoms with Crippen LogP contribution >= 0.6 is 0 Å². The Kier molecular flexibility index (Phi) is 37.8. The SMILES string of the molecule is CCCCCCCCCCCCCCc1cc(CCCC)cc(CCCCCCCCCCCCCC)c1CCCCCCCCCCCCCC. The van der Waals surface area contributed by atoms with E-state index in [2.05, 4.69) is 39.8 Å². The summed E-state index contributed by atoms with van der Waals surface area (Å²) in [4.78, 5) is 0. The van der Waals surface area contributed by atoms with Crippen LogP contribution in [-0.4, -0.2) is 0 Å². The molecule has 0 aliphatic carbocycles. The molecule has 0 spiro atoms. The molecule has 0 nitrogen and oxygen atoms in total. The first kappa shape index (κ1) is 49.2. The van der Waals surface area contributed by atoms with E-state index in [1.54, 1.807) is 22.3 Å². The Bertz CT molecular complexity index is 785. The summed E-state index contributed by atoms with van der Waals surface area (Å²) < 4.78 is 0. The van der Waals surface area contributed by atoms with Gasteiger partial charge in [-0.2, -0.15) is 0 Å². The van der Waals surface area contributed by atoms with Crippen molar-refractivity contribution < 1.29 is 0 Å². The van der Waals surface area contributed by atoms with Gasteiger partial charge in [0.05, 0.1) is 0 Å². The summed E-state index contributed by atoms with van der Waals surface area (Å²) in [5.74, 6) is 0. The summed E-state index contributed by atoms with van der Waals surface area (Å²) in [5.41, 5.74) is 6.98. The van der Waals surface area contributed by atoms with Crippen LogP contribution in [-0.2, 0) is 25.7 Å². The lowest BCUT2D eigenvalue weighted by Gasteiger charge is -2.18. The molecule has 0 aromatic heterocycles. The minimum absolute atomic E-state index is 1.28. The van der Waals surface area contributed by atoms with Gasteiger partial charge in [-0.15, -0.1) is 0 Å². The first-order valence-corrected chi connectivity index (χ1v) is 24.9. The van der Waals surface area contributed by atoms with Crippen molar-refractivity contribution in [2.45, 2.75) is 297 Å². The molecule has 0 aliphatic heterocycles. The summed E-state index contributed by atoms with van der Waals surface area (Å²) >= 11 is 0. The Labute approximate surface area is 330 Å². The van der Waals surface area contributed by atoms with Crippen LogP contribution in [0.15, 0.2) is 12.1 Å². The van der Waals surface area contributed by atoms with Gasteiger partial charge in [0, 0.05) is 0 Å². The Morgan fingerprint density at radius 2 is 0.462 bits per heavy atom. The Balaban J connectivity index is 2.61. The molecule has 0 N–H and O–H groups in total. The second-order valence-corrected chi connectivity index (χ2v) is 17.4. The van der Waals surface area contributed by atoms with E-state index in [0.717, 1.165) is 0 Å². The maximum absolute atomic E-state index is 2.69. The fourth-order valence-electron chi connectivity index (χ4n) is 8.62. The Morgan fingerprint density at radius 3 is 0.731 bits per heavy atom. The number of hydrogen-bond donors (Lipinski definition) is 0. The van der Waals surface area contributed by atoms with Crippen LogP contribution in [0.2, 0.25) is 0 Å².